The van der Waals surface area contributed by atoms with E-state index < -0.39 is 0 Å². The lowest BCUT2D eigenvalue weighted by Crippen LogP contribution is -2.16. The predicted octanol–water partition coefficient (Wildman–Crippen LogP) is 4.65. The van der Waals surface area contributed by atoms with Crippen molar-refractivity contribution in [2.45, 2.75) is 11.8 Å². The zero-order chi connectivity index (χ0) is 24.5. The van der Waals surface area contributed by atoms with Crippen molar-refractivity contribution in [3.63, 3.8) is 0 Å². The average molecular weight is 480 g/mol. The summed E-state index contributed by atoms with van der Waals surface area (Å²) in [7, 11) is 3.07. The molecule has 3 N–H and O–H groups in total. The second-order valence-electron chi connectivity index (χ2n) is 7.12. The standard InChI is InChI=1S/C25H25N3O5S/c1-16(29)26-17-8-10-18(11-9-17)28-25(31)20-6-4-5-7-23(20)34-15-24(30)27-19-12-13-21(32-2)22(14-19)33-3/h4-14H,15H2,1-3H3,(H,26,29)(H,27,30)(H,28,31). The third-order valence-corrected chi connectivity index (χ3v) is 5.69. The summed E-state index contributed by atoms with van der Waals surface area (Å²) >= 11 is 1.26. The lowest BCUT2D eigenvalue weighted by atomic mass is 10.2. The van der Waals surface area contributed by atoms with Gasteiger partial charge in [0.25, 0.3) is 5.91 Å². The van der Waals surface area contributed by atoms with Crippen LogP contribution in [0.15, 0.2) is 71.6 Å². The van der Waals surface area contributed by atoms with Gasteiger partial charge in [-0.15, -0.1) is 11.8 Å². The topological polar surface area (TPSA) is 106 Å². The number of hydrogen-bond acceptors (Lipinski definition) is 6. The van der Waals surface area contributed by atoms with Crippen LogP contribution < -0.4 is 25.4 Å². The predicted molar refractivity (Wildman–Crippen MR) is 134 cm³/mol. The average Bonchev–Trinajstić information content (AvgIpc) is 2.83. The van der Waals surface area contributed by atoms with Crippen molar-refractivity contribution in [1.82, 2.24) is 0 Å². The Morgan fingerprint density at radius 2 is 1.38 bits per heavy atom. The van der Waals surface area contributed by atoms with Gasteiger partial charge in [0, 0.05) is 34.9 Å². The summed E-state index contributed by atoms with van der Waals surface area (Å²) < 4.78 is 10.5. The van der Waals surface area contributed by atoms with Gasteiger partial charge in [0.2, 0.25) is 11.8 Å². The minimum absolute atomic E-state index is 0.115. The molecule has 0 radical (unpaired) electrons. The number of thioether (sulfide) groups is 1. The Kier molecular flexibility index (Phi) is 8.53. The Hall–Kier alpha value is -3.98. The molecule has 0 unspecified atom stereocenters. The van der Waals surface area contributed by atoms with Gasteiger partial charge >= 0.3 is 0 Å². The van der Waals surface area contributed by atoms with E-state index in [0.717, 1.165) is 0 Å². The van der Waals surface area contributed by atoms with E-state index in [4.69, 9.17) is 9.47 Å². The molecule has 0 bridgehead atoms. The van der Waals surface area contributed by atoms with E-state index in [9.17, 15) is 14.4 Å². The molecule has 0 saturated carbocycles. The van der Waals surface area contributed by atoms with Gasteiger partial charge in [-0.3, -0.25) is 14.4 Å². The molecule has 0 aromatic heterocycles. The van der Waals surface area contributed by atoms with Crippen LogP contribution in [0.5, 0.6) is 11.5 Å². The number of rotatable bonds is 9. The summed E-state index contributed by atoms with van der Waals surface area (Å²) in [6.07, 6.45) is 0. The summed E-state index contributed by atoms with van der Waals surface area (Å²) in [5, 5.41) is 8.34. The normalized spacial score (nSPS) is 10.2. The Bertz CT molecular complexity index is 1180. The van der Waals surface area contributed by atoms with Crippen LogP contribution in [-0.2, 0) is 9.59 Å². The smallest absolute Gasteiger partial charge is 0.256 e. The van der Waals surface area contributed by atoms with Crippen molar-refractivity contribution in [1.29, 1.82) is 0 Å². The van der Waals surface area contributed by atoms with E-state index in [1.54, 1.807) is 67.8 Å². The third kappa shape index (κ3) is 6.76. The van der Waals surface area contributed by atoms with Crippen LogP contribution in [-0.4, -0.2) is 37.7 Å². The van der Waals surface area contributed by atoms with E-state index in [1.165, 1.54) is 25.8 Å². The second-order valence-corrected chi connectivity index (χ2v) is 8.13. The van der Waals surface area contributed by atoms with Crippen molar-refractivity contribution in [2.75, 3.05) is 35.9 Å². The van der Waals surface area contributed by atoms with Crippen LogP contribution >= 0.6 is 11.8 Å². The molecule has 0 aliphatic carbocycles. The minimum Gasteiger partial charge on any atom is -0.493 e. The summed E-state index contributed by atoms with van der Waals surface area (Å²) in [5.74, 6) is 0.513. The number of methoxy groups -OCH3 is 2. The van der Waals surface area contributed by atoms with E-state index in [1.807, 2.05) is 6.07 Å². The lowest BCUT2D eigenvalue weighted by Gasteiger charge is -2.12. The van der Waals surface area contributed by atoms with Crippen molar-refractivity contribution >= 4 is 46.5 Å². The molecule has 3 aromatic rings. The molecular formula is C25H25N3O5S. The first-order chi connectivity index (χ1) is 16.4. The number of benzene rings is 3. The monoisotopic (exact) mass is 479 g/mol. The van der Waals surface area contributed by atoms with Gasteiger partial charge in [-0.05, 0) is 48.5 Å². The van der Waals surface area contributed by atoms with Crippen molar-refractivity contribution < 1.29 is 23.9 Å². The Balaban J connectivity index is 1.62. The third-order valence-electron chi connectivity index (χ3n) is 4.62. The molecule has 0 spiro atoms. The van der Waals surface area contributed by atoms with Gasteiger partial charge in [0.15, 0.2) is 11.5 Å². The lowest BCUT2D eigenvalue weighted by molar-refractivity contribution is -0.114. The molecule has 0 heterocycles. The van der Waals surface area contributed by atoms with E-state index in [2.05, 4.69) is 16.0 Å². The molecular weight excluding hydrogens is 454 g/mol. The highest BCUT2D eigenvalue weighted by atomic mass is 32.2. The summed E-state index contributed by atoms with van der Waals surface area (Å²) in [6, 6.07) is 19.0. The number of nitrogens with one attached hydrogen (secondary N) is 3. The first-order valence-corrected chi connectivity index (χ1v) is 11.3. The summed E-state index contributed by atoms with van der Waals surface area (Å²) in [5.41, 5.74) is 2.27. The molecule has 8 nitrogen and oxygen atoms in total. The van der Waals surface area contributed by atoms with E-state index in [0.29, 0.717) is 39.0 Å². The largest absolute Gasteiger partial charge is 0.493 e. The first kappa shape index (κ1) is 24.7. The molecule has 0 aliphatic heterocycles. The van der Waals surface area contributed by atoms with E-state index in [-0.39, 0.29) is 23.5 Å². The number of anilines is 3. The number of amides is 3. The van der Waals surface area contributed by atoms with Crippen LogP contribution in [0, 0.1) is 0 Å². The molecule has 3 aromatic carbocycles. The van der Waals surface area contributed by atoms with Gasteiger partial charge in [-0.1, -0.05) is 12.1 Å². The van der Waals surface area contributed by atoms with Crippen LogP contribution in [0.4, 0.5) is 17.1 Å². The maximum atomic E-state index is 12.8. The fourth-order valence-corrected chi connectivity index (χ4v) is 3.92. The molecule has 34 heavy (non-hydrogen) atoms. The molecule has 0 saturated heterocycles. The molecule has 0 aliphatic rings. The zero-order valence-corrected chi connectivity index (χ0v) is 19.8. The van der Waals surface area contributed by atoms with Gasteiger partial charge in [0.1, 0.15) is 0 Å². The number of carbonyl (C=O) groups is 3. The highest BCUT2D eigenvalue weighted by Crippen LogP contribution is 2.30. The van der Waals surface area contributed by atoms with Crippen molar-refractivity contribution in [3.8, 4) is 11.5 Å². The molecule has 9 heteroatoms. The van der Waals surface area contributed by atoms with Gasteiger partial charge in [0.05, 0.1) is 25.5 Å². The first-order valence-electron chi connectivity index (χ1n) is 10.3. The van der Waals surface area contributed by atoms with Gasteiger partial charge in [-0.25, -0.2) is 0 Å². The number of hydrogen-bond donors (Lipinski definition) is 3. The van der Waals surface area contributed by atoms with Gasteiger partial charge in [-0.2, -0.15) is 0 Å². The SMILES string of the molecule is COc1ccc(NC(=O)CSc2ccccc2C(=O)Nc2ccc(NC(C)=O)cc2)cc1OC. The Morgan fingerprint density at radius 3 is 2.03 bits per heavy atom. The number of ether oxygens (including phenoxy) is 2. The highest BCUT2D eigenvalue weighted by molar-refractivity contribution is 8.00. The van der Waals surface area contributed by atoms with Crippen LogP contribution in [0.1, 0.15) is 17.3 Å². The van der Waals surface area contributed by atoms with Gasteiger partial charge < -0.3 is 25.4 Å². The minimum atomic E-state index is -0.296. The molecule has 0 fully saturated rings. The van der Waals surface area contributed by atoms with Crippen LogP contribution in [0.25, 0.3) is 0 Å². The van der Waals surface area contributed by atoms with Crippen LogP contribution in [0.2, 0.25) is 0 Å². The summed E-state index contributed by atoms with van der Waals surface area (Å²) in [6.45, 7) is 1.43. The molecule has 176 valence electrons. The van der Waals surface area contributed by atoms with E-state index >= 15 is 0 Å². The van der Waals surface area contributed by atoms with Crippen LogP contribution in [0.3, 0.4) is 0 Å². The fraction of sp³-hybridized carbons (Fsp3) is 0.160. The molecule has 0 atom stereocenters. The fourth-order valence-electron chi connectivity index (χ4n) is 3.07. The highest BCUT2D eigenvalue weighted by Gasteiger charge is 2.14. The van der Waals surface area contributed by atoms with Crippen molar-refractivity contribution in [3.05, 3.63) is 72.3 Å². The summed E-state index contributed by atoms with van der Waals surface area (Å²) in [4.78, 5) is 37.2. The van der Waals surface area contributed by atoms with Crippen molar-refractivity contribution in [2.24, 2.45) is 0 Å². The zero-order valence-electron chi connectivity index (χ0n) is 19.0. The molecule has 3 rings (SSSR count). The second kappa shape index (κ2) is 11.8. The Labute approximate surface area is 202 Å². The Morgan fingerprint density at radius 1 is 0.765 bits per heavy atom. The quantitative estimate of drug-likeness (QED) is 0.386. The number of carbonyl (C=O) groups excluding carboxylic acids is 3. The maximum absolute atomic E-state index is 12.8. The molecule has 3 amide bonds. The maximum Gasteiger partial charge on any atom is 0.256 e.